The van der Waals surface area contributed by atoms with Gasteiger partial charge in [0.05, 0.1) is 12.0 Å². The minimum Gasteiger partial charge on any atom is -0.481 e. The maximum atomic E-state index is 11.8. The molecule has 0 saturated carbocycles. The summed E-state index contributed by atoms with van der Waals surface area (Å²) in [5.74, 6) is 0.378. The number of thiophene rings is 1. The monoisotopic (exact) mass is 333 g/mol. The Morgan fingerprint density at radius 1 is 1.30 bits per heavy atom. The van der Waals surface area contributed by atoms with Gasteiger partial charge < -0.3 is 15.4 Å². The van der Waals surface area contributed by atoms with E-state index in [0.29, 0.717) is 36.7 Å². The van der Waals surface area contributed by atoms with E-state index in [1.54, 1.807) is 25.4 Å². The molecule has 0 aliphatic rings. The number of carbonyl (C=O) groups is 2. The molecule has 0 saturated heterocycles. The SMILES string of the molecule is COc1cc(CNC(=O)CCCNC(=O)c2cccs2)ccn1. The maximum absolute atomic E-state index is 11.8. The number of carbonyl (C=O) groups excluding carboxylic acids is 2. The van der Waals surface area contributed by atoms with E-state index in [-0.39, 0.29) is 11.8 Å². The summed E-state index contributed by atoms with van der Waals surface area (Å²) in [5.41, 5.74) is 0.927. The lowest BCUT2D eigenvalue weighted by atomic mass is 10.2. The third-order valence-electron chi connectivity index (χ3n) is 3.11. The first-order valence-electron chi connectivity index (χ1n) is 7.26. The zero-order valence-corrected chi connectivity index (χ0v) is 13.7. The van der Waals surface area contributed by atoms with Crippen molar-refractivity contribution in [3.63, 3.8) is 0 Å². The van der Waals surface area contributed by atoms with Crippen molar-refractivity contribution in [2.45, 2.75) is 19.4 Å². The van der Waals surface area contributed by atoms with Crippen molar-refractivity contribution in [1.82, 2.24) is 15.6 Å². The van der Waals surface area contributed by atoms with Crippen molar-refractivity contribution < 1.29 is 14.3 Å². The van der Waals surface area contributed by atoms with Gasteiger partial charge in [0.15, 0.2) is 0 Å². The van der Waals surface area contributed by atoms with Crippen LogP contribution in [0.4, 0.5) is 0 Å². The predicted molar refractivity (Wildman–Crippen MR) is 88.5 cm³/mol. The van der Waals surface area contributed by atoms with Crippen LogP contribution in [-0.2, 0) is 11.3 Å². The van der Waals surface area contributed by atoms with Gasteiger partial charge in [0, 0.05) is 31.8 Å². The van der Waals surface area contributed by atoms with Crippen LogP contribution in [-0.4, -0.2) is 30.5 Å². The Kier molecular flexibility index (Phi) is 6.56. The standard InChI is InChI=1S/C16H19N3O3S/c1-22-15-10-12(6-8-17-15)11-19-14(20)5-2-7-18-16(21)13-4-3-9-23-13/h3-4,6,8-10H,2,5,7,11H2,1H3,(H,18,21)(H,19,20). The Balaban J connectivity index is 1.62. The third kappa shape index (κ3) is 5.71. The first-order valence-corrected chi connectivity index (χ1v) is 8.14. The highest BCUT2D eigenvalue weighted by molar-refractivity contribution is 7.12. The van der Waals surface area contributed by atoms with Crippen molar-refractivity contribution in [2.24, 2.45) is 0 Å². The minimum absolute atomic E-state index is 0.0499. The highest BCUT2D eigenvalue weighted by Crippen LogP contribution is 2.09. The summed E-state index contributed by atoms with van der Waals surface area (Å²) < 4.78 is 5.03. The van der Waals surface area contributed by atoms with Crippen molar-refractivity contribution in [1.29, 1.82) is 0 Å². The molecule has 2 aromatic rings. The smallest absolute Gasteiger partial charge is 0.261 e. The lowest BCUT2D eigenvalue weighted by Gasteiger charge is -2.07. The predicted octanol–water partition coefficient (Wildman–Crippen LogP) is 1.98. The number of hydrogen-bond acceptors (Lipinski definition) is 5. The van der Waals surface area contributed by atoms with Gasteiger partial charge >= 0.3 is 0 Å². The molecule has 0 bridgehead atoms. The maximum Gasteiger partial charge on any atom is 0.261 e. The lowest BCUT2D eigenvalue weighted by Crippen LogP contribution is -2.26. The largest absolute Gasteiger partial charge is 0.481 e. The summed E-state index contributed by atoms with van der Waals surface area (Å²) in [5, 5.41) is 7.49. The topological polar surface area (TPSA) is 80.3 Å². The van der Waals surface area contributed by atoms with Crippen LogP contribution in [0.25, 0.3) is 0 Å². The van der Waals surface area contributed by atoms with Crippen LogP contribution in [0.15, 0.2) is 35.8 Å². The zero-order chi connectivity index (χ0) is 16.5. The highest BCUT2D eigenvalue weighted by atomic mass is 32.1. The van der Waals surface area contributed by atoms with Crippen molar-refractivity contribution in [2.75, 3.05) is 13.7 Å². The normalized spacial score (nSPS) is 10.1. The zero-order valence-electron chi connectivity index (χ0n) is 12.9. The third-order valence-corrected chi connectivity index (χ3v) is 3.98. The fraction of sp³-hybridized carbons (Fsp3) is 0.312. The Morgan fingerprint density at radius 3 is 2.91 bits per heavy atom. The second kappa shape index (κ2) is 8.89. The van der Waals surface area contributed by atoms with E-state index in [1.165, 1.54) is 11.3 Å². The van der Waals surface area contributed by atoms with Crippen LogP contribution < -0.4 is 15.4 Å². The van der Waals surface area contributed by atoms with Crippen LogP contribution in [0, 0.1) is 0 Å². The van der Waals surface area contributed by atoms with Crippen LogP contribution in [0.3, 0.4) is 0 Å². The fourth-order valence-electron chi connectivity index (χ4n) is 1.91. The average molecular weight is 333 g/mol. The number of methoxy groups -OCH3 is 1. The van der Waals surface area contributed by atoms with E-state index in [2.05, 4.69) is 15.6 Å². The second-order valence-electron chi connectivity index (χ2n) is 4.82. The van der Waals surface area contributed by atoms with Crippen LogP contribution in [0.5, 0.6) is 5.88 Å². The Hall–Kier alpha value is -2.41. The van der Waals surface area contributed by atoms with Gasteiger partial charge in [0.25, 0.3) is 5.91 Å². The molecule has 2 heterocycles. The molecule has 0 aliphatic heterocycles. The van der Waals surface area contributed by atoms with Crippen molar-refractivity contribution in [3.8, 4) is 5.88 Å². The second-order valence-corrected chi connectivity index (χ2v) is 5.77. The molecule has 0 aromatic carbocycles. The molecule has 0 spiro atoms. The molecule has 2 rings (SSSR count). The number of aromatic nitrogens is 1. The molecule has 6 nitrogen and oxygen atoms in total. The van der Waals surface area contributed by atoms with Gasteiger partial charge in [-0.05, 0) is 29.5 Å². The molecule has 0 aliphatic carbocycles. The first-order chi connectivity index (χ1) is 11.2. The number of nitrogens with zero attached hydrogens (tertiary/aromatic N) is 1. The summed E-state index contributed by atoms with van der Waals surface area (Å²) in [6.07, 6.45) is 2.61. The van der Waals surface area contributed by atoms with Crippen molar-refractivity contribution >= 4 is 23.2 Å². The summed E-state index contributed by atoms with van der Waals surface area (Å²) >= 11 is 1.40. The van der Waals surface area contributed by atoms with Crippen LogP contribution in [0.1, 0.15) is 28.1 Å². The minimum atomic E-state index is -0.0933. The Morgan fingerprint density at radius 2 is 2.17 bits per heavy atom. The fourth-order valence-corrected chi connectivity index (χ4v) is 2.55. The van der Waals surface area contributed by atoms with E-state index >= 15 is 0 Å². The molecule has 0 atom stereocenters. The van der Waals surface area contributed by atoms with Gasteiger partial charge in [-0.25, -0.2) is 4.98 Å². The van der Waals surface area contributed by atoms with E-state index in [9.17, 15) is 9.59 Å². The Labute approximate surface area is 138 Å². The lowest BCUT2D eigenvalue weighted by molar-refractivity contribution is -0.121. The van der Waals surface area contributed by atoms with E-state index in [1.807, 2.05) is 17.5 Å². The van der Waals surface area contributed by atoms with Gasteiger partial charge in [-0.2, -0.15) is 0 Å². The van der Waals surface area contributed by atoms with Gasteiger partial charge in [-0.1, -0.05) is 6.07 Å². The van der Waals surface area contributed by atoms with Gasteiger partial charge in [-0.3, -0.25) is 9.59 Å². The summed E-state index contributed by atoms with van der Waals surface area (Å²) in [4.78, 5) is 28.2. The molecule has 2 aromatic heterocycles. The van der Waals surface area contributed by atoms with E-state index < -0.39 is 0 Å². The van der Waals surface area contributed by atoms with Gasteiger partial charge in [-0.15, -0.1) is 11.3 Å². The number of nitrogens with one attached hydrogen (secondary N) is 2. The molecule has 0 radical (unpaired) electrons. The highest BCUT2D eigenvalue weighted by Gasteiger charge is 2.06. The molecule has 2 amide bonds. The number of rotatable bonds is 8. The van der Waals surface area contributed by atoms with E-state index in [4.69, 9.17) is 4.74 Å². The molecule has 23 heavy (non-hydrogen) atoms. The summed E-state index contributed by atoms with van der Waals surface area (Å²) in [6.45, 7) is 0.909. The number of hydrogen-bond donors (Lipinski definition) is 2. The quantitative estimate of drug-likeness (QED) is 0.724. The molecule has 2 N–H and O–H groups in total. The van der Waals surface area contributed by atoms with Gasteiger partial charge in [0.1, 0.15) is 0 Å². The number of amides is 2. The summed E-state index contributed by atoms with van der Waals surface area (Å²) in [6, 6.07) is 7.21. The molecular formula is C16H19N3O3S. The summed E-state index contributed by atoms with van der Waals surface area (Å²) in [7, 11) is 1.55. The number of ether oxygens (including phenoxy) is 1. The van der Waals surface area contributed by atoms with Crippen molar-refractivity contribution in [3.05, 3.63) is 46.3 Å². The van der Waals surface area contributed by atoms with Gasteiger partial charge in [0.2, 0.25) is 11.8 Å². The number of pyridine rings is 1. The van der Waals surface area contributed by atoms with Crippen LogP contribution >= 0.6 is 11.3 Å². The Bertz CT molecular complexity index is 644. The van der Waals surface area contributed by atoms with E-state index in [0.717, 1.165) is 5.56 Å². The molecule has 122 valence electrons. The molecule has 0 fully saturated rings. The average Bonchev–Trinajstić information content (AvgIpc) is 3.11. The molecule has 0 unspecified atom stereocenters. The molecule has 7 heteroatoms. The van der Waals surface area contributed by atoms with Crippen LogP contribution in [0.2, 0.25) is 0 Å². The molecular weight excluding hydrogens is 314 g/mol. The first kappa shape index (κ1) is 17.0.